The van der Waals surface area contributed by atoms with Crippen LogP contribution in [0.25, 0.3) is 0 Å². The molecule has 3 atom stereocenters. The Labute approximate surface area is 330 Å². The highest BCUT2D eigenvalue weighted by molar-refractivity contribution is 5.76. The molecule has 1 saturated heterocycles. The van der Waals surface area contributed by atoms with Gasteiger partial charge in [0.05, 0.1) is 17.7 Å². The van der Waals surface area contributed by atoms with Crippen molar-refractivity contribution in [3.8, 4) is 5.75 Å². The monoisotopic (exact) mass is 771 g/mol. The molecule has 1 aliphatic rings. The molecule has 5 N–H and O–H groups in total. The Morgan fingerprint density at radius 1 is 0.855 bits per heavy atom. The Morgan fingerprint density at radius 3 is 2.09 bits per heavy atom. The Kier molecular flexibility index (Phi) is 26.1. The van der Waals surface area contributed by atoms with Crippen LogP contribution in [0, 0.1) is 12.8 Å². The summed E-state index contributed by atoms with van der Waals surface area (Å²) in [6.07, 6.45) is 6.21. The van der Waals surface area contributed by atoms with Crippen LogP contribution in [0.1, 0.15) is 116 Å². The zero-order chi connectivity index (χ0) is 41.0. The number of carbonyl (C=O) groups is 4. The molecular formula is C43H70N4O8. The lowest BCUT2D eigenvalue weighted by atomic mass is 10.1. The Bertz CT molecular complexity index is 1370. The number of nitrogens with one attached hydrogen (secondary N) is 4. The van der Waals surface area contributed by atoms with Crippen LogP contribution in [-0.4, -0.2) is 80.4 Å². The van der Waals surface area contributed by atoms with E-state index in [1.54, 1.807) is 19.9 Å². The zero-order valence-electron chi connectivity index (χ0n) is 34.7. The van der Waals surface area contributed by atoms with Gasteiger partial charge in [0.1, 0.15) is 24.7 Å². The second-order valence-corrected chi connectivity index (χ2v) is 14.2. The second-order valence-electron chi connectivity index (χ2n) is 14.2. The van der Waals surface area contributed by atoms with Gasteiger partial charge in [-0.15, -0.1) is 0 Å². The van der Waals surface area contributed by atoms with Crippen molar-refractivity contribution in [3.63, 3.8) is 0 Å². The molecule has 55 heavy (non-hydrogen) atoms. The number of aliphatic hydroxyl groups excluding tert-OH is 1. The van der Waals surface area contributed by atoms with Crippen molar-refractivity contribution in [1.82, 2.24) is 16.0 Å². The van der Waals surface area contributed by atoms with Crippen molar-refractivity contribution >= 4 is 29.8 Å². The summed E-state index contributed by atoms with van der Waals surface area (Å²) >= 11 is 0. The smallest absolute Gasteiger partial charge is 0.308 e. The minimum atomic E-state index is -0.731. The Hall–Kier alpha value is -4.00. The highest BCUT2D eigenvalue weighted by Crippen LogP contribution is 2.31. The molecule has 1 fully saturated rings. The maximum Gasteiger partial charge on any atom is 0.308 e. The summed E-state index contributed by atoms with van der Waals surface area (Å²) in [6, 6.07) is 14.3. The van der Waals surface area contributed by atoms with Gasteiger partial charge in [0.15, 0.2) is 0 Å². The maximum atomic E-state index is 11.8. The van der Waals surface area contributed by atoms with Gasteiger partial charge in [-0.2, -0.15) is 0 Å². The molecule has 310 valence electrons. The molecule has 0 bridgehead atoms. The molecule has 1 heterocycles. The SMILES string of the molecule is CC.CC(C)Nc1ccc(COC(=O)C(C)C)cc1OC1CC(O)CC(C=O)O1.CNCCC(=O)NCCCCCNC(=O)CCCCc1ccc(C)cc1. The van der Waals surface area contributed by atoms with Gasteiger partial charge in [0, 0.05) is 51.4 Å². The van der Waals surface area contributed by atoms with Crippen LogP contribution in [0.3, 0.4) is 0 Å². The first-order valence-electron chi connectivity index (χ1n) is 20.1. The van der Waals surface area contributed by atoms with Gasteiger partial charge in [-0.3, -0.25) is 14.4 Å². The number of aliphatic hydroxyl groups is 1. The standard InChI is InChI=1S/C21H35N3O2.C20H29NO6.C2H6/c1-18-10-12-19(13-11-18)8-4-5-9-20(25)23-15-6-3-7-16-24-21(26)14-17-22-2;1-12(2)20(24)25-11-14-5-6-17(21-13(3)4)18(7-14)27-19-9-15(23)8-16(10-22)26-19;1-2/h10-13,22H,3-9,14-17H2,1-2H3,(H,23,25)(H,24,26);5-7,10,12-13,15-16,19,21,23H,8-9,11H2,1-4H3;1-2H3. The molecule has 0 aromatic heterocycles. The molecule has 0 saturated carbocycles. The number of esters is 1. The molecule has 0 spiro atoms. The van der Waals surface area contributed by atoms with Crippen molar-refractivity contribution in [2.75, 3.05) is 32.0 Å². The predicted molar refractivity (Wildman–Crippen MR) is 219 cm³/mol. The number of unbranched alkanes of at least 4 members (excludes halogenated alkanes) is 3. The fourth-order valence-electron chi connectivity index (χ4n) is 5.37. The number of anilines is 1. The van der Waals surface area contributed by atoms with E-state index in [1.165, 1.54) is 11.1 Å². The summed E-state index contributed by atoms with van der Waals surface area (Å²) in [5.74, 6) is 0.299. The van der Waals surface area contributed by atoms with Crippen LogP contribution >= 0.6 is 0 Å². The molecule has 2 aromatic rings. The normalized spacial score (nSPS) is 16.2. The third-order valence-corrected chi connectivity index (χ3v) is 8.39. The van der Waals surface area contributed by atoms with Gasteiger partial charge in [-0.1, -0.05) is 63.6 Å². The average Bonchev–Trinajstić information content (AvgIpc) is 3.16. The average molecular weight is 771 g/mol. The molecule has 2 aromatic carbocycles. The van der Waals surface area contributed by atoms with Gasteiger partial charge >= 0.3 is 5.97 Å². The summed E-state index contributed by atoms with van der Waals surface area (Å²) in [5.41, 5.74) is 4.16. The predicted octanol–water partition coefficient (Wildman–Crippen LogP) is 6.40. The van der Waals surface area contributed by atoms with Crippen LogP contribution in [0.15, 0.2) is 42.5 Å². The lowest BCUT2D eigenvalue weighted by molar-refractivity contribution is -0.175. The topological polar surface area (TPSA) is 164 Å². The van der Waals surface area contributed by atoms with Gasteiger partial charge < -0.3 is 45.4 Å². The lowest BCUT2D eigenvalue weighted by Crippen LogP contribution is -2.39. The third-order valence-electron chi connectivity index (χ3n) is 8.39. The summed E-state index contributed by atoms with van der Waals surface area (Å²) in [6.45, 7) is 16.0. The Morgan fingerprint density at radius 2 is 1.49 bits per heavy atom. The lowest BCUT2D eigenvalue weighted by Gasteiger charge is -2.31. The molecule has 3 unspecified atom stereocenters. The molecule has 0 aliphatic carbocycles. The fourth-order valence-corrected chi connectivity index (χ4v) is 5.37. The summed E-state index contributed by atoms with van der Waals surface area (Å²) in [4.78, 5) is 45.9. The van der Waals surface area contributed by atoms with E-state index in [0.717, 1.165) is 62.9 Å². The first kappa shape index (κ1) is 49.0. The maximum absolute atomic E-state index is 11.8. The van der Waals surface area contributed by atoms with E-state index in [-0.39, 0.29) is 49.2 Å². The zero-order valence-corrected chi connectivity index (χ0v) is 34.7. The molecule has 12 nitrogen and oxygen atoms in total. The van der Waals surface area contributed by atoms with Crippen LogP contribution in [0.2, 0.25) is 0 Å². The van der Waals surface area contributed by atoms with E-state index in [1.807, 2.05) is 46.9 Å². The van der Waals surface area contributed by atoms with E-state index in [0.29, 0.717) is 31.4 Å². The van der Waals surface area contributed by atoms with E-state index in [2.05, 4.69) is 52.5 Å². The molecule has 2 amide bonds. The molecule has 3 rings (SSSR count). The highest BCUT2D eigenvalue weighted by Gasteiger charge is 2.30. The van der Waals surface area contributed by atoms with E-state index < -0.39 is 18.5 Å². The minimum Gasteiger partial charge on any atom is -0.463 e. The molecule has 0 radical (unpaired) electrons. The number of rotatable bonds is 22. The van der Waals surface area contributed by atoms with Crippen LogP contribution < -0.4 is 26.0 Å². The van der Waals surface area contributed by atoms with E-state index in [9.17, 15) is 24.3 Å². The quantitative estimate of drug-likeness (QED) is 0.0515. The third kappa shape index (κ3) is 22.9. The van der Waals surface area contributed by atoms with Gasteiger partial charge in [0.25, 0.3) is 0 Å². The van der Waals surface area contributed by atoms with Crippen LogP contribution in [0.5, 0.6) is 5.75 Å². The minimum absolute atomic E-state index is 0.0956. The number of benzene rings is 2. The van der Waals surface area contributed by atoms with E-state index in [4.69, 9.17) is 14.2 Å². The Balaban J connectivity index is 0.000000527. The van der Waals surface area contributed by atoms with Crippen LogP contribution in [-0.2, 0) is 41.7 Å². The van der Waals surface area contributed by atoms with Crippen molar-refractivity contribution in [1.29, 1.82) is 0 Å². The first-order valence-corrected chi connectivity index (χ1v) is 20.1. The van der Waals surface area contributed by atoms with E-state index >= 15 is 0 Å². The fraction of sp³-hybridized carbons (Fsp3) is 0.628. The number of hydrogen-bond acceptors (Lipinski definition) is 10. The number of amides is 2. The number of ether oxygens (including phenoxy) is 3. The van der Waals surface area contributed by atoms with Gasteiger partial charge in [0.2, 0.25) is 18.1 Å². The summed E-state index contributed by atoms with van der Waals surface area (Å²) in [7, 11) is 1.84. The molecule has 12 heteroatoms. The number of hydrogen-bond donors (Lipinski definition) is 5. The summed E-state index contributed by atoms with van der Waals surface area (Å²) in [5, 5.41) is 22.1. The highest BCUT2D eigenvalue weighted by atomic mass is 16.7. The van der Waals surface area contributed by atoms with Gasteiger partial charge in [-0.05, 0) is 89.6 Å². The number of aldehydes is 1. The van der Waals surface area contributed by atoms with Crippen LogP contribution in [0.4, 0.5) is 5.69 Å². The second kappa shape index (κ2) is 29.3. The largest absolute Gasteiger partial charge is 0.463 e. The first-order chi connectivity index (χ1) is 26.4. The van der Waals surface area contributed by atoms with Crippen molar-refractivity contribution < 1.29 is 38.5 Å². The van der Waals surface area contributed by atoms with Gasteiger partial charge in [-0.25, -0.2) is 0 Å². The van der Waals surface area contributed by atoms with Crippen molar-refractivity contribution in [3.05, 3.63) is 59.2 Å². The van der Waals surface area contributed by atoms with Crippen molar-refractivity contribution in [2.45, 2.75) is 144 Å². The van der Waals surface area contributed by atoms with Crippen molar-refractivity contribution in [2.24, 2.45) is 5.92 Å². The number of carbonyl (C=O) groups excluding carboxylic acids is 4. The molecule has 1 aliphatic heterocycles. The molecular weight excluding hydrogens is 700 g/mol. The summed E-state index contributed by atoms with van der Waals surface area (Å²) < 4.78 is 16.8. The number of aryl methyl sites for hydroxylation is 2.